The first-order valence-electron chi connectivity index (χ1n) is 6.88. The van der Waals surface area contributed by atoms with Gasteiger partial charge in [-0.3, -0.25) is 9.69 Å². The van der Waals surface area contributed by atoms with E-state index in [0.717, 1.165) is 30.6 Å². The summed E-state index contributed by atoms with van der Waals surface area (Å²) >= 11 is 0. The lowest BCUT2D eigenvalue weighted by molar-refractivity contribution is -0.123. The number of hydrogen-bond donors (Lipinski definition) is 1. The Hall–Kier alpha value is -1.42. The van der Waals surface area contributed by atoms with Crippen LogP contribution in [0.15, 0.2) is 18.2 Å². The molecule has 0 bridgehead atoms. The number of carbonyl (C=O) groups excluding carboxylic acids is 1. The zero-order chi connectivity index (χ0) is 13.6. The first-order valence-corrected chi connectivity index (χ1v) is 6.88. The standard InChI is InChI=1S/C15H19FN2O/c1-10(2)18-7-3-6-15(9-18)12-8-11(16)4-5-13(12)17-14(15)19/h4-5,8,10H,3,6-7,9H2,1-2H3,(H,17,19). The number of likely N-dealkylation sites (tertiary alicyclic amines) is 1. The maximum Gasteiger partial charge on any atom is 0.236 e. The summed E-state index contributed by atoms with van der Waals surface area (Å²) in [4.78, 5) is 14.7. The molecule has 0 aliphatic carbocycles. The molecule has 1 unspecified atom stereocenters. The van der Waals surface area contributed by atoms with Crippen LogP contribution in [-0.4, -0.2) is 29.9 Å². The van der Waals surface area contributed by atoms with Gasteiger partial charge in [-0.15, -0.1) is 0 Å². The molecule has 1 atom stereocenters. The van der Waals surface area contributed by atoms with Crippen molar-refractivity contribution in [2.45, 2.75) is 38.1 Å². The van der Waals surface area contributed by atoms with Crippen molar-refractivity contribution in [2.24, 2.45) is 0 Å². The van der Waals surface area contributed by atoms with Crippen LogP contribution in [0.3, 0.4) is 0 Å². The first kappa shape index (κ1) is 12.6. The van der Waals surface area contributed by atoms with E-state index in [0.29, 0.717) is 12.6 Å². The molecule has 19 heavy (non-hydrogen) atoms. The number of piperidine rings is 1. The summed E-state index contributed by atoms with van der Waals surface area (Å²) in [5, 5.41) is 2.91. The van der Waals surface area contributed by atoms with Crippen molar-refractivity contribution in [3.63, 3.8) is 0 Å². The molecule has 3 nitrogen and oxygen atoms in total. The fourth-order valence-corrected chi connectivity index (χ4v) is 3.32. The molecular formula is C15H19FN2O. The van der Waals surface area contributed by atoms with Crippen LogP contribution in [-0.2, 0) is 10.2 Å². The van der Waals surface area contributed by atoms with Gasteiger partial charge in [0.15, 0.2) is 0 Å². The van der Waals surface area contributed by atoms with Crippen LogP contribution in [0, 0.1) is 5.82 Å². The number of carbonyl (C=O) groups is 1. The minimum atomic E-state index is -0.556. The van der Waals surface area contributed by atoms with Crippen LogP contribution in [0.4, 0.5) is 10.1 Å². The lowest BCUT2D eigenvalue weighted by Crippen LogP contribution is -2.52. The summed E-state index contributed by atoms with van der Waals surface area (Å²) in [6, 6.07) is 5.01. The number of rotatable bonds is 1. The molecule has 0 radical (unpaired) electrons. The summed E-state index contributed by atoms with van der Waals surface area (Å²) in [6.45, 7) is 5.97. The number of anilines is 1. The number of nitrogens with one attached hydrogen (secondary N) is 1. The Labute approximate surface area is 112 Å². The zero-order valence-corrected chi connectivity index (χ0v) is 11.4. The number of nitrogens with zero attached hydrogens (tertiary/aromatic N) is 1. The maximum atomic E-state index is 13.5. The molecule has 0 saturated carbocycles. The molecular weight excluding hydrogens is 243 g/mol. The SMILES string of the molecule is CC(C)N1CCCC2(C1)C(=O)Nc1ccc(F)cc12. The molecule has 0 aromatic heterocycles. The van der Waals surface area contributed by atoms with Gasteiger partial charge in [-0.1, -0.05) is 0 Å². The van der Waals surface area contributed by atoms with Crippen LogP contribution in [0.1, 0.15) is 32.3 Å². The van der Waals surface area contributed by atoms with Crippen molar-refractivity contribution < 1.29 is 9.18 Å². The highest BCUT2D eigenvalue weighted by molar-refractivity contribution is 6.06. The van der Waals surface area contributed by atoms with Gasteiger partial charge < -0.3 is 5.32 Å². The molecule has 1 spiro atoms. The van der Waals surface area contributed by atoms with E-state index >= 15 is 0 Å². The molecule has 4 heteroatoms. The van der Waals surface area contributed by atoms with Crippen molar-refractivity contribution in [1.82, 2.24) is 4.90 Å². The predicted molar refractivity (Wildman–Crippen MR) is 72.7 cm³/mol. The van der Waals surface area contributed by atoms with Crippen LogP contribution >= 0.6 is 0 Å². The lowest BCUT2D eigenvalue weighted by Gasteiger charge is -2.41. The average Bonchev–Trinajstić information content (AvgIpc) is 2.63. The number of amides is 1. The number of fused-ring (bicyclic) bond motifs is 2. The van der Waals surface area contributed by atoms with Crippen LogP contribution in [0.25, 0.3) is 0 Å². The van der Waals surface area contributed by atoms with Crippen molar-refractivity contribution in [2.75, 3.05) is 18.4 Å². The Bertz CT molecular complexity index is 529. The molecule has 1 N–H and O–H groups in total. The monoisotopic (exact) mass is 262 g/mol. The Morgan fingerprint density at radius 2 is 2.21 bits per heavy atom. The molecule has 1 aromatic rings. The second kappa shape index (κ2) is 4.30. The van der Waals surface area contributed by atoms with E-state index in [2.05, 4.69) is 24.1 Å². The Kier molecular flexibility index (Phi) is 2.86. The molecule has 2 heterocycles. The van der Waals surface area contributed by atoms with Crippen LogP contribution < -0.4 is 5.32 Å². The highest BCUT2D eigenvalue weighted by atomic mass is 19.1. The second-order valence-corrected chi connectivity index (χ2v) is 5.89. The molecule has 1 saturated heterocycles. The average molecular weight is 262 g/mol. The highest BCUT2D eigenvalue weighted by Crippen LogP contribution is 2.44. The third kappa shape index (κ3) is 1.86. The quantitative estimate of drug-likeness (QED) is 0.843. The van der Waals surface area contributed by atoms with Crippen molar-refractivity contribution in [1.29, 1.82) is 0 Å². The van der Waals surface area contributed by atoms with Gasteiger partial charge in [0, 0.05) is 18.3 Å². The molecule has 102 valence electrons. The van der Waals surface area contributed by atoms with Gasteiger partial charge in [-0.05, 0) is 57.0 Å². The van der Waals surface area contributed by atoms with E-state index in [1.165, 1.54) is 12.1 Å². The minimum Gasteiger partial charge on any atom is -0.325 e. The number of benzene rings is 1. The van der Waals surface area contributed by atoms with Gasteiger partial charge in [-0.25, -0.2) is 4.39 Å². The molecule has 1 amide bonds. The Morgan fingerprint density at radius 3 is 2.95 bits per heavy atom. The van der Waals surface area contributed by atoms with Crippen LogP contribution in [0.2, 0.25) is 0 Å². The molecule has 1 aromatic carbocycles. The van der Waals surface area contributed by atoms with Gasteiger partial charge in [0.1, 0.15) is 5.82 Å². The smallest absolute Gasteiger partial charge is 0.236 e. The van der Waals surface area contributed by atoms with Crippen molar-refractivity contribution in [3.05, 3.63) is 29.6 Å². The molecule has 3 rings (SSSR count). The van der Waals surface area contributed by atoms with Crippen LogP contribution in [0.5, 0.6) is 0 Å². The predicted octanol–water partition coefficient (Wildman–Crippen LogP) is 2.52. The van der Waals surface area contributed by atoms with Gasteiger partial charge in [-0.2, -0.15) is 0 Å². The zero-order valence-electron chi connectivity index (χ0n) is 11.4. The summed E-state index contributed by atoms with van der Waals surface area (Å²) in [7, 11) is 0. The van der Waals surface area contributed by atoms with Gasteiger partial charge in [0.05, 0.1) is 5.41 Å². The second-order valence-electron chi connectivity index (χ2n) is 5.89. The summed E-state index contributed by atoms with van der Waals surface area (Å²) in [6.07, 6.45) is 1.78. The summed E-state index contributed by atoms with van der Waals surface area (Å²) in [5.74, 6) is -0.241. The van der Waals surface area contributed by atoms with E-state index in [4.69, 9.17) is 0 Å². The number of halogens is 1. The third-order valence-electron chi connectivity index (χ3n) is 4.43. The highest BCUT2D eigenvalue weighted by Gasteiger charge is 2.49. The van der Waals surface area contributed by atoms with Crippen molar-refractivity contribution in [3.8, 4) is 0 Å². The maximum absolute atomic E-state index is 13.5. The fourth-order valence-electron chi connectivity index (χ4n) is 3.32. The van der Waals surface area contributed by atoms with Crippen molar-refractivity contribution >= 4 is 11.6 Å². The van der Waals surface area contributed by atoms with E-state index < -0.39 is 5.41 Å². The summed E-state index contributed by atoms with van der Waals surface area (Å²) in [5.41, 5.74) is 1.06. The normalized spacial score (nSPS) is 26.8. The van der Waals surface area contributed by atoms with Gasteiger partial charge >= 0.3 is 0 Å². The molecule has 2 aliphatic heterocycles. The van der Waals surface area contributed by atoms with Gasteiger partial charge in [0.25, 0.3) is 0 Å². The van der Waals surface area contributed by atoms with E-state index in [9.17, 15) is 9.18 Å². The molecule has 1 fully saturated rings. The Balaban J connectivity index is 2.04. The van der Waals surface area contributed by atoms with E-state index in [1.54, 1.807) is 6.07 Å². The topological polar surface area (TPSA) is 32.3 Å². The fraction of sp³-hybridized carbons (Fsp3) is 0.533. The Morgan fingerprint density at radius 1 is 1.42 bits per heavy atom. The summed E-state index contributed by atoms with van der Waals surface area (Å²) < 4.78 is 13.5. The number of hydrogen-bond acceptors (Lipinski definition) is 2. The van der Waals surface area contributed by atoms with E-state index in [1.807, 2.05) is 0 Å². The molecule has 2 aliphatic rings. The lowest BCUT2D eigenvalue weighted by atomic mass is 9.74. The van der Waals surface area contributed by atoms with Gasteiger partial charge in [0.2, 0.25) is 5.91 Å². The van der Waals surface area contributed by atoms with E-state index in [-0.39, 0.29) is 11.7 Å². The first-order chi connectivity index (χ1) is 9.03. The third-order valence-corrected chi connectivity index (χ3v) is 4.43. The minimum absolute atomic E-state index is 0.0263. The largest absolute Gasteiger partial charge is 0.325 e.